The van der Waals surface area contributed by atoms with E-state index in [2.05, 4.69) is 4.72 Å². The fourth-order valence-electron chi connectivity index (χ4n) is 1.62. The first-order valence-electron chi connectivity index (χ1n) is 5.63. The molecule has 4 nitrogen and oxygen atoms in total. The summed E-state index contributed by atoms with van der Waals surface area (Å²) in [4.78, 5) is 0.0118. The lowest BCUT2D eigenvalue weighted by atomic mass is 10.2. The lowest BCUT2D eigenvalue weighted by molar-refractivity contribution is 0.601. The SMILES string of the molecule is Cc1ccc(S(=O)(=O)Nc2ccc(N)c(Cl)c2)c(Cl)c1. The molecule has 0 atom stereocenters. The Morgan fingerprint density at radius 2 is 1.75 bits per heavy atom. The smallest absolute Gasteiger partial charge is 0.263 e. The van der Waals surface area contributed by atoms with Crippen LogP contribution in [-0.2, 0) is 10.0 Å². The van der Waals surface area contributed by atoms with E-state index >= 15 is 0 Å². The quantitative estimate of drug-likeness (QED) is 0.843. The van der Waals surface area contributed by atoms with Crippen LogP contribution in [-0.4, -0.2) is 8.42 Å². The van der Waals surface area contributed by atoms with Gasteiger partial charge in [0.15, 0.2) is 0 Å². The zero-order chi connectivity index (χ0) is 14.9. The highest BCUT2D eigenvalue weighted by molar-refractivity contribution is 7.92. The molecule has 0 saturated heterocycles. The first kappa shape index (κ1) is 15.0. The molecule has 2 aromatic rings. The molecule has 0 unspecified atom stereocenters. The van der Waals surface area contributed by atoms with Crippen molar-refractivity contribution in [3.8, 4) is 0 Å². The number of hydrogen-bond acceptors (Lipinski definition) is 3. The fraction of sp³-hybridized carbons (Fsp3) is 0.0769. The minimum Gasteiger partial charge on any atom is -0.398 e. The number of aryl methyl sites for hydroxylation is 1. The normalized spacial score (nSPS) is 11.3. The minimum absolute atomic E-state index is 0.0118. The van der Waals surface area contributed by atoms with Gasteiger partial charge >= 0.3 is 0 Å². The second kappa shape index (κ2) is 5.52. The molecular formula is C13H12Cl2N2O2S. The van der Waals surface area contributed by atoms with Gasteiger partial charge in [0.1, 0.15) is 4.90 Å². The highest BCUT2D eigenvalue weighted by Crippen LogP contribution is 2.27. The van der Waals surface area contributed by atoms with Crippen LogP contribution in [0.1, 0.15) is 5.56 Å². The first-order valence-corrected chi connectivity index (χ1v) is 7.87. The summed E-state index contributed by atoms with van der Waals surface area (Å²) >= 11 is 11.8. The molecule has 0 aliphatic rings. The third-order valence-corrected chi connectivity index (χ3v) is 4.82. The van der Waals surface area contributed by atoms with Crippen LogP contribution in [0.2, 0.25) is 10.0 Å². The zero-order valence-electron chi connectivity index (χ0n) is 10.5. The molecule has 0 spiro atoms. The molecule has 0 amide bonds. The molecule has 20 heavy (non-hydrogen) atoms. The minimum atomic E-state index is -3.77. The molecule has 0 heterocycles. The number of anilines is 2. The molecule has 0 fully saturated rings. The van der Waals surface area contributed by atoms with Gasteiger partial charge in [-0.25, -0.2) is 8.42 Å². The van der Waals surface area contributed by atoms with Crippen LogP contribution in [0.25, 0.3) is 0 Å². The van der Waals surface area contributed by atoms with E-state index in [0.717, 1.165) is 5.56 Å². The molecule has 2 rings (SSSR count). The Hall–Kier alpha value is -1.43. The molecule has 0 aliphatic heterocycles. The molecule has 2 aromatic carbocycles. The summed E-state index contributed by atoms with van der Waals surface area (Å²) in [6, 6.07) is 9.22. The topological polar surface area (TPSA) is 72.2 Å². The van der Waals surface area contributed by atoms with E-state index in [1.165, 1.54) is 24.3 Å². The van der Waals surface area contributed by atoms with E-state index in [4.69, 9.17) is 28.9 Å². The van der Waals surface area contributed by atoms with Gasteiger partial charge in [-0.15, -0.1) is 0 Å². The van der Waals surface area contributed by atoms with Crippen molar-refractivity contribution in [1.29, 1.82) is 0 Å². The van der Waals surface area contributed by atoms with Crippen molar-refractivity contribution in [2.24, 2.45) is 0 Å². The van der Waals surface area contributed by atoms with Gasteiger partial charge in [0.25, 0.3) is 10.0 Å². The molecular weight excluding hydrogens is 319 g/mol. The van der Waals surface area contributed by atoms with Crippen molar-refractivity contribution < 1.29 is 8.42 Å². The lowest BCUT2D eigenvalue weighted by Crippen LogP contribution is -2.13. The summed E-state index contributed by atoms with van der Waals surface area (Å²) < 4.78 is 26.9. The Labute approximate surface area is 127 Å². The third kappa shape index (κ3) is 3.17. The van der Waals surface area contributed by atoms with Gasteiger partial charge in [-0.1, -0.05) is 29.3 Å². The Morgan fingerprint density at radius 3 is 2.35 bits per heavy atom. The molecule has 7 heteroatoms. The molecule has 0 aliphatic carbocycles. The van der Waals surface area contributed by atoms with Crippen molar-refractivity contribution in [1.82, 2.24) is 0 Å². The number of hydrogen-bond donors (Lipinski definition) is 2. The number of benzene rings is 2. The number of sulfonamides is 1. The van der Waals surface area contributed by atoms with Crippen LogP contribution in [0.4, 0.5) is 11.4 Å². The Morgan fingerprint density at radius 1 is 1.05 bits per heavy atom. The largest absolute Gasteiger partial charge is 0.398 e. The number of nitrogen functional groups attached to an aromatic ring is 1. The lowest BCUT2D eigenvalue weighted by Gasteiger charge is -2.10. The Balaban J connectivity index is 2.38. The molecule has 0 bridgehead atoms. The van der Waals surface area contributed by atoms with E-state index < -0.39 is 10.0 Å². The van der Waals surface area contributed by atoms with Gasteiger partial charge in [-0.05, 0) is 42.8 Å². The summed E-state index contributed by atoms with van der Waals surface area (Å²) in [6.45, 7) is 1.83. The van der Waals surface area contributed by atoms with Gasteiger partial charge in [-0.2, -0.15) is 0 Å². The zero-order valence-corrected chi connectivity index (χ0v) is 12.9. The van der Waals surface area contributed by atoms with Crippen LogP contribution in [0.3, 0.4) is 0 Å². The van der Waals surface area contributed by atoms with E-state index in [1.807, 2.05) is 6.92 Å². The summed E-state index contributed by atoms with van der Waals surface area (Å²) in [5.41, 5.74) is 7.15. The second-order valence-electron chi connectivity index (χ2n) is 4.28. The predicted molar refractivity (Wildman–Crippen MR) is 82.9 cm³/mol. The maximum Gasteiger partial charge on any atom is 0.263 e. The van der Waals surface area contributed by atoms with Crippen LogP contribution >= 0.6 is 23.2 Å². The van der Waals surface area contributed by atoms with Crippen molar-refractivity contribution in [2.75, 3.05) is 10.5 Å². The first-order chi connectivity index (χ1) is 9.29. The highest BCUT2D eigenvalue weighted by atomic mass is 35.5. The average molecular weight is 331 g/mol. The van der Waals surface area contributed by atoms with E-state index in [1.54, 1.807) is 12.1 Å². The van der Waals surface area contributed by atoms with Crippen molar-refractivity contribution in [3.63, 3.8) is 0 Å². The molecule has 3 N–H and O–H groups in total. The van der Waals surface area contributed by atoms with Crippen LogP contribution in [0.15, 0.2) is 41.3 Å². The van der Waals surface area contributed by atoms with Crippen LogP contribution in [0.5, 0.6) is 0 Å². The number of nitrogens with one attached hydrogen (secondary N) is 1. The standard InChI is InChI=1S/C13H12Cl2N2O2S/c1-8-2-5-13(11(15)6-8)20(18,19)17-9-3-4-12(16)10(14)7-9/h2-7,17H,16H2,1H3. The van der Waals surface area contributed by atoms with Crippen LogP contribution in [0, 0.1) is 6.92 Å². The Bertz CT molecular complexity index is 761. The predicted octanol–water partition coefficient (Wildman–Crippen LogP) is 3.68. The third-order valence-electron chi connectivity index (χ3n) is 2.63. The highest BCUT2D eigenvalue weighted by Gasteiger charge is 2.18. The Kier molecular flexibility index (Phi) is 4.13. The monoisotopic (exact) mass is 330 g/mol. The van der Waals surface area contributed by atoms with Gasteiger partial charge in [0.05, 0.1) is 21.4 Å². The van der Waals surface area contributed by atoms with Gasteiger partial charge < -0.3 is 5.73 Å². The van der Waals surface area contributed by atoms with E-state index in [0.29, 0.717) is 11.4 Å². The molecule has 0 aromatic heterocycles. The number of nitrogens with two attached hydrogens (primary N) is 1. The molecule has 106 valence electrons. The second-order valence-corrected chi connectivity index (χ2v) is 6.74. The number of halogens is 2. The summed E-state index contributed by atoms with van der Waals surface area (Å²) in [7, 11) is -3.77. The van der Waals surface area contributed by atoms with E-state index in [-0.39, 0.29) is 14.9 Å². The average Bonchev–Trinajstić information content (AvgIpc) is 2.33. The maximum absolute atomic E-state index is 12.3. The fourth-order valence-corrected chi connectivity index (χ4v) is 3.45. The van der Waals surface area contributed by atoms with E-state index in [9.17, 15) is 8.42 Å². The summed E-state index contributed by atoms with van der Waals surface area (Å²) in [5.74, 6) is 0. The molecule has 0 saturated carbocycles. The maximum atomic E-state index is 12.3. The molecule has 0 radical (unpaired) electrons. The summed E-state index contributed by atoms with van der Waals surface area (Å²) in [5, 5.41) is 0.444. The van der Waals surface area contributed by atoms with Crippen LogP contribution < -0.4 is 10.5 Å². The van der Waals surface area contributed by atoms with Crippen molar-refractivity contribution in [3.05, 3.63) is 52.0 Å². The van der Waals surface area contributed by atoms with Crippen molar-refractivity contribution >= 4 is 44.6 Å². The number of rotatable bonds is 3. The van der Waals surface area contributed by atoms with Gasteiger partial charge in [-0.3, -0.25) is 4.72 Å². The van der Waals surface area contributed by atoms with Gasteiger partial charge in [0, 0.05) is 0 Å². The van der Waals surface area contributed by atoms with Gasteiger partial charge in [0.2, 0.25) is 0 Å². The van der Waals surface area contributed by atoms with Crippen molar-refractivity contribution in [2.45, 2.75) is 11.8 Å². The summed E-state index contributed by atoms with van der Waals surface area (Å²) in [6.07, 6.45) is 0.